The number of aromatic carboxylic acids is 1. The predicted octanol–water partition coefficient (Wildman–Crippen LogP) is 0.766. The van der Waals surface area contributed by atoms with Gasteiger partial charge in [0.2, 0.25) is 5.95 Å². The van der Waals surface area contributed by atoms with E-state index < -0.39 is 5.97 Å². The van der Waals surface area contributed by atoms with E-state index in [1.807, 2.05) is 0 Å². The minimum Gasteiger partial charge on any atom is -0.477 e. The summed E-state index contributed by atoms with van der Waals surface area (Å²) in [6.07, 6.45) is 3.42. The van der Waals surface area contributed by atoms with Gasteiger partial charge < -0.3 is 15.2 Å². The summed E-state index contributed by atoms with van der Waals surface area (Å²) in [5.41, 5.74) is -0.00534. The van der Waals surface area contributed by atoms with Crippen LogP contribution >= 0.6 is 0 Å². The zero-order valence-corrected chi connectivity index (χ0v) is 8.72. The van der Waals surface area contributed by atoms with Gasteiger partial charge in [0.25, 0.3) is 0 Å². The Bertz CT molecular complexity index is 377. The summed E-state index contributed by atoms with van der Waals surface area (Å²) in [6, 6.07) is 1.53. The Hall–Kier alpha value is -1.69. The quantitative estimate of drug-likeness (QED) is 0.787. The normalized spacial score (nSPS) is 20.4. The van der Waals surface area contributed by atoms with Crippen LogP contribution in [0.25, 0.3) is 0 Å². The molecule has 0 aromatic carbocycles. The number of hydrogen-bond donors (Lipinski definition) is 2. The van der Waals surface area contributed by atoms with E-state index in [1.165, 1.54) is 12.3 Å². The molecule has 1 aliphatic heterocycles. The molecule has 0 spiro atoms. The Morgan fingerprint density at radius 1 is 1.62 bits per heavy atom. The van der Waals surface area contributed by atoms with Crippen LogP contribution in [0.5, 0.6) is 0 Å². The number of nitrogens with one attached hydrogen (secondary N) is 1. The molecule has 2 heterocycles. The third-order valence-corrected chi connectivity index (χ3v) is 2.37. The van der Waals surface area contributed by atoms with Crippen molar-refractivity contribution in [3.05, 3.63) is 18.0 Å². The highest BCUT2D eigenvalue weighted by Gasteiger charge is 2.15. The SMILES string of the molecule is O=C(O)c1ccnc(NC2CCCOC2)n1. The third kappa shape index (κ3) is 2.66. The second-order valence-corrected chi connectivity index (χ2v) is 3.63. The fraction of sp³-hybridized carbons (Fsp3) is 0.500. The summed E-state index contributed by atoms with van der Waals surface area (Å²) in [6.45, 7) is 1.40. The minimum atomic E-state index is -1.05. The molecule has 1 saturated heterocycles. The molecular formula is C10H13N3O3. The first-order valence-electron chi connectivity index (χ1n) is 5.16. The molecule has 0 saturated carbocycles. The maximum absolute atomic E-state index is 10.7. The summed E-state index contributed by atoms with van der Waals surface area (Å²) < 4.78 is 5.30. The second kappa shape index (κ2) is 4.89. The van der Waals surface area contributed by atoms with Gasteiger partial charge in [-0.1, -0.05) is 0 Å². The van der Waals surface area contributed by atoms with Crippen LogP contribution in [0.3, 0.4) is 0 Å². The molecule has 6 nitrogen and oxygen atoms in total. The maximum Gasteiger partial charge on any atom is 0.354 e. The number of ether oxygens (including phenoxy) is 1. The van der Waals surface area contributed by atoms with Crippen LogP contribution in [0, 0.1) is 0 Å². The van der Waals surface area contributed by atoms with Crippen LogP contribution in [-0.2, 0) is 4.74 Å². The van der Waals surface area contributed by atoms with E-state index in [-0.39, 0.29) is 11.7 Å². The molecule has 0 radical (unpaired) electrons. The van der Waals surface area contributed by atoms with Crippen molar-refractivity contribution in [2.24, 2.45) is 0 Å². The van der Waals surface area contributed by atoms with Gasteiger partial charge in [-0.3, -0.25) is 0 Å². The highest BCUT2D eigenvalue weighted by Crippen LogP contribution is 2.10. The molecule has 1 fully saturated rings. The molecule has 0 bridgehead atoms. The molecule has 6 heteroatoms. The van der Waals surface area contributed by atoms with Gasteiger partial charge in [-0.15, -0.1) is 0 Å². The van der Waals surface area contributed by atoms with Crippen LogP contribution in [0.1, 0.15) is 23.3 Å². The van der Waals surface area contributed by atoms with Gasteiger partial charge in [-0.25, -0.2) is 14.8 Å². The van der Waals surface area contributed by atoms with E-state index in [9.17, 15) is 4.79 Å². The Kier molecular flexibility index (Phi) is 3.31. The van der Waals surface area contributed by atoms with Crippen molar-refractivity contribution in [3.8, 4) is 0 Å². The molecule has 86 valence electrons. The minimum absolute atomic E-state index is 0.00534. The summed E-state index contributed by atoms with van der Waals surface area (Å²) in [5, 5.41) is 11.8. The Morgan fingerprint density at radius 2 is 2.50 bits per heavy atom. The lowest BCUT2D eigenvalue weighted by Crippen LogP contribution is -2.30. The summed E-state index contributed by atoms with van der Waals surface area (Å²) in [4.78, 5) is 18.6. The molecule has 0 aliphatic carbocycles. The smallest absolute Gasteiger partial charge is 0.354 e. The lowest BCUT2D eigenvalue weighted by Gasteiger charge is -2.22. The summed E-state index contributed by atoms with van der Waals surface area (Å²) in [7, 11) is 0. The number of rotatable bonds is 3. The molecule has 1 aromatic heterocycles. The third-order valence-electron chi connectivity index (χ3n) is 2.37. The van der Waals surface area contributed by atoms with Crippen LogP contribution in [0.2, 0.25) is 0 Å². The summed E-state index contributed by atoms with van der Waals surface area (Å²) in [5.74, 6) is -0.708. The molecule has 1 aromatic rings. The van der Waals surface area contributed by atoms with Crippen molar-refractivity contribution < 1.29 is 14.6 Å². The highest BCUT2D eigenvalue weighted by molar-refractivity contribution is 5.85. The highest BCUT2D eigenvalue weighted by atomic mass is 16.5. The zero-order chi connectivity index (χ0) is 11.4. The van der Waals surface area contributed by atoms with E-state index >= 15 is 0 Å². The number of carboxylic acids is 1. The summed E-state index contributed by atoms with van der Waals surface area (Å²) >= 11 is 0. The second-order valence-electron chi connectivity index (χ2n) is 3.63. The number of aromatic nitrogens is 2. The van der Waals surface area contributed by atoms with E-state index in [4.69, 9.17) is 9.84 Å². The van der Waals surface area contributed by atoms with Crippen LogP contribution < -0.4 is 5.32 Å². The topological polar surface area (TPSA) is 84.3 Å². The average molecular weight is 223 g/mol. The molecule has 2 N–H and O–H groups in total. The van der Waals surface area contributed by atoms with Crippen molar-refractivity contribution in [1.29, 1.82) is 0 Å². The van der Waals surface area contributed by atoms with E-state index in [0.717, 1.165) is 19.4 Å². The maximum atomic E-state index is 10.7. The lowest BCUT2D eigenvalue weighted by molar-refractivity contribution is 0.0690. The van der Waals surface area contributed by atoms with Gasteiger partial charge >= 0.3 is 5.97 Å². The Balaban J connectivity index is 2.02. The number of nitrogens with zero attached hydrogens (tertiary/aromatic N) is 2. The van der Waals surface area contributed by atoms with Crippen molar-refractivity contribution in [3.63, 3.8) is 0 Å². The van der Waals surface area contributed by atoms with Crippen molar-refractivity contribution in [2.45, 2.75) is 18.9 Å². The van der Waals surface area contributed by atoms with Gasteiger partial charge in [0.1, 0.15) is 0 Å². The van der Waals surface area contributed by atoms with Gasteiger partial charge in [0.15, 0.2) is 5.69 Å². The first-order valence-corrected chi connectivity index (χ1v) is 5.16. The van der Waals surface area contributed by atoms with Crippen LogP contribution in [0.4, 0.5) is 5.95 Å². The first kappa shape index (κ1) is 10.8. The van der Waals surface area contributed by atoms with Gasteiger partial charge in [-0.05, 0) is 18.9 Å². The lowest BCUT2D eigenvalue weighted by atomic mass is 10.1. The molecule has 0 amide bonds. The average Bonchev–Trinajstić information content (AvgIpc) is 2.30. The van der Waals surface area contributed by atoms with Gasteiger partial charge in [-0.2, -0.15) is 0 Å². The Labute approximate surface area is 92.7 Å². The fourth-order valence-corrected chi connectivity index (χ4v) is 1.58. The molecule has 1 unspecified atom stereocenters. The molecule has 1 atom stereocenters. The largest absolute Gasteiger partial charge is 0.477 e. The van der Waals surface area contributed by atoms with Gasteiger partial charge in [0, 0.05) is 12.8 Å². The van der Waals surface area contributed by atoms with E-state index in [2.05, 4.69) is 15.3 Å². The van der Waals surface area contributed by atoms with Gasteiger partial charge in [0.05, 0.1) is 12.6 Å². The van der Waals surface area contributed by atoms with Crippen LogP contribution in [-0.4, -0.2) is 40.3 Å². The van der Waals surface area contributed by atoms with Crippen LogP contribution in [0.15, 0.2) is 12.3 Å². The molecule has 1 aliphatic rings. The predicted molar refractivity (Wildman–Crippen MR) is 56.5 cm³/mol. The Morgan fingerprint density at radius 3 is 3.19 bits per heavy atom. The van der Waals surface area contributed by atoms with Crippen molar-refractivity contribution in [1.82, 2.24) is 9.97 Å². The molecule has 2 rings (SSSR count). The molecular weight excluding hydrogens is 210 g/mol. The van der Waals surface area contributed by atoms with E-state index in [0.29, 0.717) is 12.6 Å². The number of carbonyl (C=O) groups is 1. The number of anilines is 1. The zero-order valence-electron chi connectivity index (χ0n) is 8.72. The molecule has 16 heavy (non-hydrogen) atoms. The number of hydrogen-bond acceptors (Lipinski definition) is 5. The fourth-order valence-electron chi connectivity index (χ4n) is 1.58. The van der Waals surface area contributed by atoms with Crippen molar-refractivity contribution in [2.75, 3.05) is 18.5 Å². The van der Waals surface area contributed by atoms with E-state index in [1.54, 1.807) is 0 Å². The standard InChI is InChI=1S/C10H13N3O3/c14-9(15)8-3-4-11-10(13-8)12-7-2-1-5-16-6-7/h3-4,7H,1-2,5-6H2,(H,14,15)(H,11,12,13). The number of carboxylic acid groups (broad SMARTS) is 1. The first-order chi connectivity index (χ1) is 7.75. The van der Waals surface area contributed by atoms with Crippen molar-refractivity contribution >= 4 is 11.9 Å². The monoisotopic (exact) mass is 223 g/mol.